The first kappa shape index (κ1) is 19.9. The van der Waals surface area contributed by atoms with Crippen molar-refractivity contribution in [1.82, 2.24) is 10.3 Å². The number of benzene rings is 1. The maximum atomic E-state index is 14.4. The Bertz CT molecular complexity index is 886. The van der Waals surface area contributed by atoms with Gasteiger partial charge in [-0.05, 0) is 54.1 Å². The van der Waals surface area contributed by atoms with Crippen LogP contribution in [0, 0.1) is 34.9 Å². The van der Waals surface area contributed by atoms with Crippen molar-refractivity contribution in [2.45, 2.75) is 64.8 Å². The number of rotatable bonds is 4. The molecule has 1 aliphatic heterocycles. The highest BCUT2D eigenvalue weighted by atomic mass is 19.1. The van der Waals surface area contributed by atoms with E-state index in [9.17, 15) is 9.18 Å². The van der Waals surface area contributed by atoms with Crippen molar-refractivity contribution in [3.8, 4) is 12.3 Å². The molecule has 1 N–H and O–H groups in total. The summed E-state index contributed by atoms with van der Waals surface area (Å²) in [6, 6.07) is 6.69. The van der Waals surface area contributed by atoms with E-state index in [0.29, 0.717) is 30.9 Å². The molecule has 1 unspecified atom stereocenters. The molecule has 2 bridgehead atoms. The van der Waals surface area contributed by atoms with Crippen LogP contribution < -0.4 is 5.32 Å². The summed E-state index contributed by atoms with van der Waals surface area (Å²) in [6.45, 7) is 7.32. The maximum Gasteiger partial charge on any atom is 0.338 e. The number of hydrogen-bond donors (Lipinski definition) is 1. The Kier molecular flexibility index (Phi) is 4.93. The molecular formula is C24H30FN3O. The number of amides is 2. The second-order valence-corrected chi connectivity index (χ2v) is 9.56. The highest BCUT2D eigenvalue weighted by Gasteiger charge is 2.61. The third-order valence-corrected chi connectivity index (χ3v) is 8.14. The summed E-state index contributed by atoms with van der Waals surface area (Å²) >= 11 is 0. The van der Waals surface area contributed by atoms with Crippen molar-refractivity contribution in [1.29, 1.82) is 0 Å². The molecule has 5 heteroatoms. The Hall–Kier alpha value is -2.35. The van der Waals surface area contributed by atoms with E-state index in [1.807, 2.05) is 6.07 Å². The number of hydrazone groups is 1. The molecule has 0 aromatic heterocycles. The number of nitrogens with zero attached hydrogens (tertiary/aromatic N) is 2. The molecular weight excluding hydrogens is 365 g/mol. The Balaban J connectivity index is 1.51. The van der Waals surface area contributed by atoms with E-state index in [0.717, 1.165) is 18.6 Å². The molecule has 154 valence electrons. The van der Waals surface area contributed by atoms with E-state index in [1.54, 1.807) is 12.1 Å². The van der Waals surface area contributed by atoms with Crippen LogP contribution in [0.2, 0.25) is 0 Å². The number of hydrogen-bond acceptors (Lipinski definition) is 2. The molecule has 0 radical (unpaired) electrons. The summed E-state index contributed by atoms with van der Waals surface area (Å²) in [6.07, 6.45) is 9.92. The largest absolute Gasteiger partial charge is 0.338 e. The number of fused-ring (bicyclic) bond motifs is 2. The SMILES string of the molecule is C#CCCC1=NN(C(=O)N[C@H]2C[C@H]3CC[C@]2(C)C3(C)C)CC1c1ccccc1F. The first-order valence-electron chi connectivity index (χ1n) is 10.6. The van der Waals surface area contributed by atoms with Gasteiger partial charge in [0.2, 0.25) is 0 Å². The molecule has 2 amide bonds. The first-order valence-corrected chi connectivity index (χ1v) is 10.6. The van der Waals surface area contributed by atoms with Crippen LogP contribution in [0.5, 0.6) is 0 Å². The molecule has 2 saturated carbocycles. The molecule has 4 atom stereocenters. The second-order valence-electron chi connectivity index (χ2n) is 9.56. The number of carbonyl (C=O) groups is 1. The second kappa shape index (κ2) is 7.16. The highest BCUT2D eigenvalue weighted by Crippen LogP contribution is 2.65. The highest BCUT2D eigenvalue weighted by molar-refractivity contribution is 5.95. The standard InChI is InChI=1S/C24H30FN3O/c1-5-6-11-20-18(17-9-7-8-10-19(17)25)15-28(27-20)22(29)26-21-14-16-12-13-24(21,4)23(16,2)3/h1,7-10,16,18,21H,6,11-15H2,2-4H3,(H,26,29)/t16-,18?,21+,24+/m1/s1. The fourth-order valence-electron chi connectivity index (χ4n) is 5.78. The van der Waals surface area contributed by atoms with Gasteiger partial charge in [-0.2, -0.15) is 5.10 Å². The van der Waals surface area contributed by atoms with Crippen LogP contribution in [0.4, 0.5) is 9.18 Å². The van der Waals surface area contributed by atoms with E-state index in [-0.39, 0.29) is 34.6 Å². The van der Waals surface area contributed by atoms with Crippen LogP contribution in [0.3, 0.4) is 0 Å². The third kappa shape index (κ3) is 3.13. The van der Waals surface area contributed by atoms with Gasteiger partial charge in [0, 0.05) is 24.1 Å². The van der Waals surface area contributed by atoms with E-state index in [2.05, 4.69) is 37.1 Å². The monoisotopic (exact) mass is 395 g/mol. The first-order chi connectivity index (χ1) is 13.8. The third-order valence-electron chi connectivity index (χ3n) is 8.14. The maximum absolute atomic E-state index is 14.4. The van der Waals surface area contributed by atoms with Crippen molar-refractivity contribution in [2.75, 3.05) is 6.54 Å². The van der Waals surface area contributed by atoms with Gasteiger partial charge in [0.1, 0.15) is 5.82 Å². The van der Waals surface area contributed by atoms with Crippen LogP contribution in [0.15, 0.2) is 29.4 Å². The van der Waals surface area contributed by atoms with Crippen LogP contribution in [0.25, 0.3) is 0 Å². The molecule has 1 aromatic rings. The molecule has 0 spiro atoms. The van der Waals surface area contributed by atoms with Gasteiger partial charge in [-0.1, -0.05) is 39.0 Å². The zero-order valence-electron chi connectivity index (χ0n) is 17.5. The van der Waals surface area contributed by atoms with Gasteiger partial charge in [0.25, 0.3) is 0 Å². The minimum Gasteiger partial charge on any atom is -0.333 e. The summed E-state index contributed by atoms with van der Waals surface area (Å²) in [5, 5.41) is 9.30. The molecule has 4 nitrogen and oxygen atoms in total. The number of terminal acetylenes is 1. The van der Waals surface area contributed by atoms with Crippen molar-refractivity contribution in [3.05, 3.63) is 35.6 Å². The minimum absolute atomic E-state index is 0.105. The van der Waals surface area contributed by atoms with Gasteiger partial charge in [-0.25, -0.2) is 14.2 Å². The van der Waals surface area contributed by atoms with Crippen LogP contribution in [-0.2, 0) is 0 Å². The van der Waals surface area contributed by atoms with Gasteiger partial charge in [-0.15, -0.1) is 12.3 Å². The van der Waals surface area contributed by atoms with Gasteiger partial charge in [0.15, 0.2) is 0 Å². The zero-order chi connectivity index (χ0) is 20.8. The molecule has 29 heavy (non-hydrogen) atoms. The molecule has 4 rings (SSSR count). The molecule has 1 aromatic carbocycles. The molecule has 1 heterocycles. The summed E-state index contributed by atoms with van der Waals surface area (Å²) in [5.41, 5.74) is 1.69. The fraction of sp³-hybridized carbons (Fsp3) is 0.583. The smallest absolute Gasteiger partial charge is 0.333 e. The number of halogens is 1. The predicted octanol–water partition coefficient (Wildman–Crippen LogP) is 4.92. The quantitative estimate of drug-likeness (QED) is 0.723. The number of carbonyl (C=O) groups excluding carboxylic acids is 1. The topological polar surface area (TPSA) is 44.7 Å². The Morgan fingerprint density at radius 1 is 1.38 bits per heavy atom. The van der Waals surface area contributed by atoms with Crippen LogP contribution in [-0.4, -0.2) is 29.3 Å². The van der Waals surface area contributed by atoms with Crippen molar-refractivity contribution >= 4 is 11.7 Å². The summed E-state index contributed by atoms with van der Waals surface area (Å²) < 4.78 is 14.4. The normalized spacial score (nSPS) is 32.2. The zero-order valence-corrected chi connectivity index (χ0v) is 17.5. The van der Waals surface area contributed by atoms with Gasteiger partial charge in [0.05, 0.1) is 6.54 Å². The van der Waals surface area contributed by atoms with E-state index in [1.165, 1.54) is 17.5 Å². The molecule has 2 aliphatic carbocycles. The minimum atomic E-state index is -0.268. The van der Waals surface area contributed by atoms with E-state index >= 15 is 0 Å². The summed E-state index contributed by atoms with van der Waals surface area (Å²) in [7, 11) is 0. The van der Waals surface area contributed by atoms with E-state index in [4.69, 9.17) is 6.42 Å². The van der Waals surface area contributed by atoms with Gasteiger partial charge in [-0.3, -0.25) is 0 Å². The lowest BCUT2D eigenvalue weighted by atomic mass is 9.69. The molecule has 3 aliphatic rings. The van der Waals surface area contributed by atoms with Crippen LogP contribution >= 0.6 is 0 Å². The summed E-state index contributed by atoms with van der Waals surface area (Å²) in [4.78, 5) is 13.1. The van der Waals surface area contributed by atoms with Gasteiger partial charge >= 0.3 is 6.03 Å². The average molecular weight is 396 g/mol. The number of urea groups is 1. The molecule has 0 saturated heterocycles. The lowest BCUT2D eigenvalue weighted by Gasteiger charge is -2.39. The van der Waals surface area contributed by atoms with Crippen molar-refractivity contribution < 1.29 is 9.18 Å². The van der Waals surface area contributed by atoms with Crippen molar-refractivity contribution in [2.24, 2.45) is 21.8 Å². The lowest BCUT2D eigenvalue weighted by Crippen LogP contribution is -2.50. The Morgan fingerprint density at radius 2 is 2.14 bits per heavy atom. The lowest BCUT2D eigenvalue weighted by molar-refractivity contribution is 0.118. The van der Waals surface area contributed by atoms with Crippen molar-refractivity contribution in [3.63, 3.8) is 0 Å². The Morgan fingerprint density at radius 3 is 2.76 bits per heavy atom. The van der Waals surface area contributed by atoms with Gasteiger partial charge < -0.3 is 5.32 Å². The predicted molar refractivity (Wildman–Crippen MR) is 113 cm³/mol. The molecule has 2 fully saturated rings. The fourth-order valence-corrected chi connectivity index (χ4v) is 5.78. The number of nitrogens with one attached hydrogen (secondary N) is 1. The Labute approximate surface area is 172 Å². The average Bonchev–Trinajstić information content (AvgIpc) is 3.26. The van der Waals surface area contributed by atoms with Crippen LogP contribution in [0.1, 0.15) is 64.4 Å². The van der Waals surface area contributed by atoms with E-state index < -0.39 is 0 Å². The summed E-state index contributed by atoms with van der Waals surface area (Å²) in [5.74, 6) is 2.76.